The Kier molecular flexibility index (Phi) is 1.94. The molecule has 2 bridgehead atoms. The van der Waals surface area contributed by atoms with Crippen molar-refractivity contribution in [3.63, 3.8) is 0 Å². The van der Waals surface area contributed by atoms with Gasteiger partial charge in [-0.15, -0.1) is 0 Å². The Morgan fingerprint density at radius 1 is 1.33 bits per heavy atom. The van der Waals surface area contributed by atoms with Crippen LogP contribution in [0, 0.1) is 23.7 Å². The fraction of sp³-hybridized carbons (Fsp3) is 0.692. The maximum absolute atomic E-state index is 6.21. The maximum Gasteiger partial charge on any atom is 0.241 e. The van der Waals surface area contributed by atoms with Crippen molar-refractivity contribution in [2.24, 2.45) is 23.7 Å². The molecule has 0 aromatic heterocycles. The standard InChI is InChI=1S/C13H20OSi/c1-15(2,3)14-13-8-9-7-12(13)11-6-4-5-10(9)11/h4,6,8-12H,5,7H2,1-3H3/t9-,10-,11-,12-/m1/s1. The van der Waals surface area contributed by atoms with Gasteiger partial charge in [0, 0.05) is 5.92 Å². The first kappa shape index (κ1) is 9.70. The van der Waals surface area contributed by atoms with Crippen molar-refractivity contribution in [2.75, 3.05) is 0 Å². The lowest BCUT2D eigenvalue weighted by Gasteiger charge is -2.29. The zero-order valence-electron chi connectivity index (χ0n) is 9.86. The van der Waals surface area contributed by atoms with Crippen LogP contribution in [-0.4, -0.2) is 8.32 Å². The molecule has 0 N–H and O–H groups in total. The summed E-state index contributed by atoms with van der Waals surface area (Å²) in [6, 6.07) is 0. The first-order valence-corrected chi connectivity index (χ1v) is 9.53. The molecule has 0 spiro atoms. The second-order valence-electron chi connectivity index (χ2n) is 6.19. The molecule has 0 radical (unpaired) electrons. The van der Waals surface area contributed by atoms with E-state index in [2.05, 4.69) is 37.9 Å². The number of fused-ring (bicyclic) bond motifs is 5. The van der Waals surface area contributed by atoms with E-state index in [1.54, 1.807) is 0 Å². The Morgan fingerprint density at radius 3 is 2.87 bits per heavy atom. The lowest BCUT2D eigenvalue weighted by atomic mass is 9.85. The van der Waals surface area contributed by atoms with Crippen LogP contribution in [-0.2, 0) is 4.43 Å². The second-order valence-corrected chi connectivity index (χ2v) is 10.6. The molecule has 0 saturated heterocycles. The van der Waals surface area contributed by atoms with Gasteiger partial charge in [0.1, 0.15) is 0 Å². The molecular weight excluding hydrogens is 200 g/mol. The van der Waals surface area contributed by atoms with Crippen LogP contribution in [0.3, 0.4) is 0 Å². The molecule has 1 saturated carbocycles. The molecule has 3 rings (SSSR count). The van der Waals surface area contributed by atoms with Gasteiger partial charge in [-0.2, -0.15) is 0 Å². The Hall–Kier alpha value is -0.503. The predicted octanol–water partition coefficient (Wildman–Crippen LogP) is 3.56. The summed E-state index contributed by atoms with van der Waals surface area (Å²) in [6.07, 6.45) is 9.93. The van der Waals surface area contributed by atoms with Gasteiger partial charge >= 0.3 is 0 Å². The van der Waals surface area contributed by atoms with Gasteiger partial charge in [0.15, 0.2) is 0 Å². The van der Waals surface area contributed by atoms with Crippen LogP contribution in [0.1, 0.15) is 12.8 Å². The van der Waals surface area contributed by atoms with Gasteiger partial charge in [0.25, 0.3) is 0 Å². The number of allylic oxidation sites excluding steroid dienone is 4. The molecule has 82 valence electrons. The fourth-order valence-electron chi connectivity index (χ4n) is 3.51. The Balaban J connectivity index is 1.81. The van der Waals surface area contributed by atoms with Crippen molar-refractivity contribution < 1.29 is 4.43 Å². The van der Waals surface area contributed by atoms with Gasteiger partial charge in [-0.25, -0.2) is 0 Å². The van der Waals surface area contributed by atoms with Gasteiger partial charge < -0.3 is 4.43 Å². The van der Waals surface area contributed by atoms with Crippen LogP contribution in [0.4, 0.5) is 0 Å². The quantitative estimate of drug-likeness (QED) is 0.511. The van der Waals surface area contributed by atoms with Crippen molar-refractivity contribution in [2.45, 2.75) is 32.5 Å². The first-order valence-electron chi connectivity index (χ1n) is 6.12. The van der Waals surface area contributed by atoms with Gasteiger partial charge in [0.2, 0.25) is 8.32 Å². The van der Waals surface area contributed by atoms with E-state index in [9.17, 15) is 0 Å². The molecule has 0 aliphatic heterocycles. The molecule has 0 aromatic carbocycles. The molecule has 4 atom stereocenters. The van der Waals surface area contributed by atoms with Crippen molar-refractivity contribution in [1.29, 1.82) is 0 Å². The zero-order chi connectivity index (χ0) is 10.6. The third-order valence-electron chi connectivity index (χ3n) is 3.97. The SMILES string of the molecule is C[Si](C)(C)OC1=C[C@H]2C[C@@H]1[C@@H]1C=CC[C@@H]12. The average Bonchev–Trinajstić information content (AvgIpc) is 2.66. The smallest absolute Gasteiger partial charge is 0.241 e. The van der Waals surface area contributed by atoms with E-state index in [4.69, 9.17) is 4.43 Å². The molecule has 15 heavy (non-hydrogen) atoms. The minimum Gasteiger partial charge on any atom is -0.547 e. The van der Waals surface area contributed by atoms with Crippen molar-refractivity contribution in [3.8, 4) is 0 Å². The van der Waals surface area contributed by atoms with Crippen LogP contribution in [0.2, 0.25) is 19.6 Å². The van der Waals surface area contributed by atoms with E-state index >= 15 is 0 Å². The van der Waals surface area contributed by atoms with Gasteiger partial charge in [-0.1, -0.05) is 12.2 Å². The van der Waals surface area contributed by atoms with E-state index in [1.807, 2.05) is 0 Å². The van der Waals surface area contributed by atoms with E-state index in [0.29, 0.717) is 0 Å². The Bertz CT molecular complexity index is 337. The molecule has 0 unspecified atom stereocenters. The molecule has 3 aliphatic carbocycles. The highest BCUT2D eigenvalue weighted by Gasteiger charge is 2.49. The van der Waals surface area contributed by atoms with Gasteiger partial charge in [-0.3, -0.25) is 0 Å². The van der Waals surface area contributed by atoms with Crippen LogP contribution < -0.4 is 0 Å². The summed E-state index contributed by atoms with van der Waals surface area (Å²) in [4.78, 5) is 0. The molecule has 3 aliphatic rings. The predicted molar refractivity (Wildman–Crippen MR) is 64.8 cm³/mol. The third kappa shape index (κ3) is 1.50. The summed E-state index contributed by atoms with van der Waals surface area (Å²) in [6.45, 7) is 6.84. The average molecular weight is 220 g/mol. The summed E-state index contributed by atoms with van der Waals surface area (Å²) in [5, 5.41) is 0. The van der Waals surface area contributed by atoms with E-state index in [-0.39, 0.29) is 0 Å². The molecule has 1 fully saturated rings. The lowest BCUT2D eigenvalue weighted by molar-refractivity contribution is 0.292. The molecular formula is C13H20OSi. The minimum atomic E-state index is -1.40. The highest BCUT2D eigenvalue weighted by molar-refractivity contribution is 6.70. The summed E-state index contributed by atoms with van der Waals surface area (Å²) < 4.78 is 6.21. The van der Waals surface area contributed by atoms with Crippen LogP contribution in [0.15, 0.2) is 24.0 Å². The first-order chi connectivity index (χ1) is 7.04. The summed E-state index contributed by atoms with van der Waals surface area (Å²) in [5.74, 6) is 4.62. The highest BCUT2D eigenvalue weighted by atomic mass is 28.4. The van der Waals surface area contributed by atoms with Crippen LogP contribution in [0.25, 0.3) is 0 Å². The number of hydrogen-bond acceptors (Lipinski definition) is 1. The molecule has 0 amide bonds. The molecule has 0 aromatic rings. The topological polar surface area (TPSA) is 9.23 Å². The van der Waals surface area contributed by atoms with E-state index < -0.39 is 8.32 Å². The highest BCUT2D eigenvalue weighted by Crippen LogP contribution is 2.56. The second kappa shape index (κ2) is 3.00. The van der Waals surface area contributed by atoms with Gasteiger partial charge in [0.05, 0.1) is 5.76 Å². The number of hydrogen-bond donors (Lipinski definition) is 0. The molecule has 1 nitrogen and oxygen atoms in total. The summed E-state index contributed by atoms with van der Waals surface area (Å²) in [7, 11) is -1.40. The third-order valence-corrected chi connectivity index (χ3v) is 4.82. The zero-order valence-corrected chi connectivity index (χ0v) is 10.9. The Labute approximate surface area is 93.3 Å². The summed E-state index contributed by atoms with van der Waals surface area (Å²) in [5.41, 5.74) is 0. The molecule has 0 heterocycles. The number of rotatable bonds is 2. The largest absolute Gasteiger partial charge is 0.547 e. The van der Waals surface area contributed by atoms with Crippen molar-refractivity contribution >= 4 is 8.32 Å². The van der Waals surface area contributed by atoms with Crippen LogP contribution >= 0.6 is 0 Å². The lowest BCUT2D eigenvalue weighted by Crippen LogP contribution is -2.29. The fourth-order valence-corrected chi connectivity index (χ4v) is 4.43. The maximum atomic E-state index is 6.21. The summed E-state index contributed by atoms with van der Waals surface area (Å²) >= 11 is 0. The van der Waals surface area contributed by atoms with Crippen molar-refractivity contribution in [3.05, 3.63) is 24.0 Å². The van der Waals surface area contributed by atoms with E-state index in [0.717, 1.165) is 23.7 Å². The Morgan fingerprint density at radius 2 is 2.13 bits per heavy atom. The minimum absolute atomic E-state index is 0.727. The van der Waals surface area contributed by atoms with Crippen LogP contribution in [0.5, 0.6) is 0 Å². The molecule has 2 heteroatoms. The monoisotopic (exact) mass is 220 g/mol. The normalized spacial score (nSPS) is 41.9. The van der Waals surface area contributed by atoms with Crippen molar-refractivity contribution in [1.82, 2.24) is 0 Å². The van der Waals surface area contributed by atoms with E-state index in [1.165, 1.54) is 18.6 Å². The van der Waals surface area contributed by atoms with Gasteiger partial charge in [-0.05, 0) is 56.3 Å².